The maximum absolute atomic E-state index is 11.3. The van der Waals surface area contributed by atoms with Crippen LogP contribution in [0, 0.1) is 0 Å². The Labute approximate surface area is 89.3 Å². The van der Waals surface area contributed by atoms with Crippen LogP contribution in [0.1, 0.15) is 11.6 Å². The number of nitrogens with zero attached hydrogens (tertiary/aromatic N) is 1. The van der Waals surface area contributed by atoms with Gasteiger partial charge in [-0.05, 0) is 12.6 Å². The van der Waals surface area contributed by atoms with Gasteiger partial charge in [0.2, 0.25) is 5.91 Å². The smallest absolute Gasteiger partial charge is 0.239 e. The van der Waals surface area contributed by atoms with Crippen molar-refractivity contribution in [2.24, 2.45) is 5.73 Å². The molecule has 0 radical (unpaired) electrons. The molecule has 1 aromatic carbocycles. The summed E-state index contributed by atoms with van der Waals surface area (Å²) in [5.74, 6) is -0.405. The van der Waals surface area contributed by atoms with Crippen LogP contribution in [0.5, 0.6) is 0 Å². The van der Waals surface area contributed by atoms with Crippen molar-refractivity contribution in [2.75, 3.05) is 20.2 Å². The predicted molar refractivity (Wildman–Crippen MR) is 58.1 cm³/mol. The van der Waals surface area contributed by atoms with Gasteiger partial charge < -0.3 is 10.8 Å². The van der Waals surface area contributed by atoms with Crippen LogP contribution in [0.2, 0.25) is 0 Å². The summed E-state index contributed by atoms with van der Waals surface area (Å²) in [5.41, 5.74) is 6.19. The van der Waals surface area contributed by atoms with Gasteiger partial charge in [-0.2, -0.15) is 0 Å². The third-order valence-corrected chi connectivity index (χ3v) is 2.28. The topological polar surface area (TPSA) is 66.6 Å². The third-order valence-electron chi connectivity index (χ3n) is 2.28. The van der Waals surface area contributed by atoms with Gasteiger partial charge in [0.1, 0.15) is 6.04 Å². The van der Waals surface area contributed by atoms with Crippen molar-refractivity contribution >= 4 is 5.91 Å². The van der Waals surface area contributed by atoms with E-state index in [2.05, 4.69) is 0 Å². The highest BCUT2D eigenvalue weighted by molar-refractivity contribution is 5.81. The summed E-state index contributed by atoms with van der Waals surface area (Å²) in [6, 6.07) is 8.83. The van der Waals surface area contributed by atoms with Crippen molar-refractivity contribution in [2.45, 2.75) is 6.04 Å². The predicted octanol–water partition coefficient (Wildman–Crippen LogP) is 0.137. The highest BCUT2D eigenvalue weighted by atomic mass is 16.3. The molecule has 0 aliphatic carbocycles. The van der Waals surface area contributed by atoms with Gasteiger partial charge >= 0.3 is 0 Å². The van der Waals surface area contributed by atoms with Gasteiger partial charge in [-0.15, -0.1) is 0 Å². The van der Waals surface area contributed by atoms with E-state index in [1.54, 1.807) is 11.9 Å². The first-order valence-electron chi connectivity index (χ1n) is 4.82. The first-order chi connectivity index (χ1) is 7.16. The van der Waals surface area contributed by atoms with E-state index in [9.17, 15) is 4.79 Å². The van der Waals surface area contributed by atoms with E-state index in [1.807, 2.05) is 30.3 Å². The molecule has 0 aromatic heterocycles. The van der Waals surface area contributed by atoms with Crippen LogP contribution in [0.15, 0.2) is 30.3 Å². The van der Waals surface area contributed by atoms with E-state index in [-0.39, 0.29) is 6.61 Å². The second kappa shape index (κ2) is 5.48. The number of aliphatic hydroxyl groups is 1. The average molecular weight is 208 g/mol. The number of primary amides is 1. The normalized spacial score (nSPS) is 12.7. The lowest BCUT2D eigenvalue weighted by Gasteiger charge is -2.24. The zero-order valence-electron chi connectivity index (χ0n) is 8.76. The second-order valence-corrected chi connectivity index (χ2v) is 3.42. The SMILES string of the molecule is CN(CCO)C(C(N)=O)c1ccccc1. The van der Waals surface area contributed by atoms with Gasteiger partial charge in [-0.25, -0.2) is 0 Å². The fourth-order valence-corrected chi connectivity index (χ4v) is 1.56. The van der Waals surface area contributed by atoms with Crippen molar-refractivity contribution in [1.29, 1.82) is 0 Å². The van der Waals surface area contributed by atoms with Gasteiger partial charge in [0.05, 0.1) is 6.61 Å². The van der Waals surface area contributed by atoms with Crippen molar-refractivity contribution in [3.63, 3.8) is 0 Å². The number of rotatable bonds is 5. The number of nitrogens with two attached hydrogens (primary N) is 1. The molecule has 4 nitrogen and oxygen atoms in total. The summed E-state index contributed by atoms with van der Waals surface area (Å²) in [6.07, 6.45) is 0. The Morgan fingerprint density at radius 1 is 1.47 bits per heavy atom. The molecule has 1 aromatic rings. The van der Waals surface area contributed by atoms with Crippen molar-refractivity contribution in [1.82, 2.24) is 4.90 Å². The Balaban J connectivity index is 2.88. The molecule has 0 fully saturated rings. The molecule has 0 bridgehead atoms. The number of hydrogen-bond donors (Lipinski definition) is 2. The molecule has 3 N–H and O–H groups in total. The largest absolute Gasteiger partial charge is 0.395 e. The molecule has 1 unspecified atom stereocenters. The Hall–Kier alpha value is -1.39. The Bertz CT molecular complexity index is 314. The summed E-state index contributed by atoms with van der Waals surface area (Å²) in [7, 11) is 1.76. The van der Waals surface area contributed by atoms with Crippen LogP contribution >= 0.6 is 0 Å². The summed E-state index contributed by atoms with van der Waals surface area (Å²) in [5, 5.41) is 8.82. The first-order valence-corrected chi connectivity index (χ1v) is 4.82. The van der Waals surface area contributed by atoms with E-state index < -0.39 is 11.9 Å². The van der Waals surface area contributed by atoms with Crippen LogP contribution in [0.25, 0.3) is 0 Å². The van der Waals surface area contributed by atoms with Crippen LogP contribution in [0.3, 0.4) is 0 Å². The number of hydrogen-bond acceptors (Lipinski definition) is 3. The lowest BCUT2D eigenvalue weighted by Crippen LogP contribution is -2.36. The Morgan fingerprint density at radius 3 is 2.53 bits per heavy atom. The average Bonchev–Trinajstić information content (AvgIpc) is 2.19. The maximum atomic E-state index is 11.3. The van der Waals surface area contributed by atoms with Gasteiger partial charge in [-0.1, -0.05) is 30.3 Å². The van der Waals surface area contributed by atoms with E-state index in [4.69, 9.17) is 10.8 Å². The van der Waals surface area contributed by atoms with Crippen LogP contribution in [-0.2, 0) is 4.79 Å². The Morgan fingerprint density at radius 2 is 2.07 bits per heavy atom. The van der Waals surface area contributed by atoms with E-state index in [0.717, 1.165) is 5.56 Å². The molecule has 1 atom stereocenters. The lowest BCUT2D eigenvalue weighted by atomic mass is 10.1. The summed E-state index contributed by atoms with van der Waals surface area (Å²) >= 11 is 0. The van der Waals surface area contributed by atoms with Crippen LogP contribution < -0.4 is 5.73 Å². The molecule has 4 heteroatoms. The van der Waals surface area contributed by atoms with Crippen LogP contribution in [-0.4, -0.2) is 36.1 Å². The van der Waals surface area contributed by atoms with Gasteiger partial charge in [-0.3, -0.25) is 9.69 Å². The summed E-state index contributed by atoms with van der Waals surface area (Å²) < 4.78 is 0. The molecular weight excluding hydrogens is 192 g/mol. The zero-order valence-corrected chi connectivity index (χ0v) is 8.76. The highest BCUT2D eigenvalue weighted by Gasteiger charge is 2.21. The third kappa shape index (κ3) is 3.04. The molecule has 0 saturated heterocycles. The second-order valence-electron chi connectivity index (χ2n) is 3.42. The van der Waals surface area contributed by atoms with Gasteiger partial charge in [0.15, 0.2) is 0 Å². The zero-order chi connectivity index (χ0) is 11.3. The van der Waals surface area contributed by atoms with Gasteiger partial charge in [0, 0.05) is 6.54 Å². The minimum atomic E-state index is -0.474. The molecule has 0 heterocycles. The monoisotopic (exact) mass is 208 g/mol. The molecule has 1 rings (SSSR count). The molecule has 0 aliphatic rings. The Kier molecular flexibility index (Phi) is 4.27. The van der Waals surface area contributed by atoms with E-state index in [0.29, 0.717) is 6.54 Å². The molecule has 0 spiro atoms. The number of benzene rings is 1. The van der Waals surface area contributed by atoms with Crippen molar-refractivity contribution < 1.29 is 9.90 Å². The molecule has 82 valence electrons. The molecule has 0 saturated carbocycles. The van der Waals surface area contributed by atoms with Crippen LogP contribution in [0.4, 0.5) is 0 Å². The summed E-state index contributed by atoms with van der Waals surface area (Å²) in [6.45, 7) is 0.426. The highest BCUT2D eigenvalue weighted by Crippen LogP contribution is 2.17. The number of carbonyl (C=O) groups is 1. The van der Waals surface area contributed by atoms with Crippen molar-refractivity contribution in [3.8, 4) is 0 Å². The minimum absolute atomic E-state index is 0.00706. The fraction of sp³-hybridized carbons (Fsp3) is 0.364. The number of carbonyl (C=O) groups excluding carboxylic acids is 1. The minimum Gasteiger partial charge on any atom is -0.395 e. The maximum Gasteiger partial charge on any atom is 0.239 e. The fourth-order valence-electron chi connectivity index (χ4n) is 1.56. The lowest BCUT2D eigenvalue weighted by molar-refractivity contribution is -0.123. The number of aliphatic hydroxyl groups excluding tert-OH is 1. The molecule has 0 aliphatic heterocycles. The number of amides is 1. The first kappa shape index (κ1) is 11.7. The van der Waals surface area contributed by atoms with E-state index >= 15 is 0 Å². The molecule has 15 heavy (non-hydrogen) atoms. The van der Waals surface area contributed by atoms with E-state index in [1.165, 1.54) is 0 Å². The number of likely N-dealkylation sites (N-methyl/N-ethyl adjacent to an activating group) is 1. The summed E-state index contributed by atoms with van der Waals surface area (Å²) in [4.78, 5) is 13.0. The molecule has 1 amide bonds. The molecular formula is C11H16N2O2. The van der Waals surface area contributed by atoms with Crippen molar-refractivity contribution in [3.05, 3.63) is 35.9 Å². The quantitative estimate of drug-likeness (QED) is 0.723. The standard InChI is InChI=1S/C11H16N2O2/c1-13(7-8-14)10(11(12)15)9-5-3-2-4-6-9/h2-6,10,14H,7-8H2,1H3,(H2,12,15). The van der Waals surface area contributed by atoms with Gasteiger partial charge in [0.25, 0.3) is 0 Å².